The van der Waals surface area contributed by atoms with E-state index >= 15 is 0 Å². The molecule has 0 aliphatic carbocycles. The molecule has 0 fully saturated rings. The molecule has 0 aliphatic rings. The van der Waals surface area contributed by atoms with Gasteiger partial charge in [0.25, 0.3) is 0 Å². The van der Waals surface area contributed by atoms with E-state index in [4.69, 9.17) is 18.8 Å². The molecule has 58 heavy (non-hydrogen) atoms. The summed E-state index contributed by atoms with van der Waals surface area (Å²) >= 11 is 0. The Balaban J connectivity index is 1.16. The molecule has 0 atom stereocenters. The first-order valence-electron chi connectivity index (χ1n) is 19.5. The molecule has 270 valence electrons. The summed E-state index contributed by atoms with van der Waals surface area (Å²) in [5.74, 6) is 0.588. The number of fused-ring (bicyclic) bond motifs is 13. The predicted octanol–water partition coefficient (Wildman–Crippen LogP) is 13.8. The topological polar surface area (TPSA) is 61.9 Å². The van der Waals surface area contributed by atoms with Crippen LogP contribution in [0.1, 0.15) is 0 Å². The van der Waals surface area contributed by atoms with Gasteiger partial charge < -0.3 is 13.4 Å². The van der Waals surface area contributed by atoms with Crippen LogP contribution in [-0.2, 0) is 0 Å². The Kier molecular flexibility index (Phi) is 6.35. The number of hydrogen-bond acceptors (Lipinski definition) is 4. The van der Waals surface area contributed by atoms with Crippen LogP contribution in [0.5, 0.6) is 0 Å². The number of benzene rings is 8. The Morgan fingerprint density at radius 2 is 0.776 bits per heavy atom. The first-order chi connectivity index (χ1) is 28.7. The van der Waals surface area contributed by atoms with Crippen LogP contribution in [0.25, 0.3) is 122 Å². The third-order valence-electron chi connectivity index (χ3n) is 11.7. The molecule has 6 heteroatoms. The maximum absolute atomic E-state index is 6.25. The van der Waals surface area contributed by atoms with Crippen LogP contribution in [0.2, 0.25) is 0 Å². The first-order valence-corrected chi connectivity index (χ1v) is 19.5. The zero-order chi connectivity index (χ0) is 37.9. The van der Waals surface area contributed by atoms with Crippen molar-refractivity contribution < 1.29 is 8.83 Å². The number of hydrogen-bond donors (Lipinski definition) is 0. The Labute approximate surface area is 330 Å². The summed E-state index contributed by atoms with van der Waals surface area (Å²) in [5, 5.41) is 8.88. The Bertz CT molecular complexity index is 3680. The van der Waals surface area contributed by atoms with E-state index in [-0.39, 0.29) is 0 Å². The largest absolute Gasteiger partial charge is 0.456 e. The lowest BCUT2D eigenvalue weighted by Gasteiger charge is -2.14. The zero-order valence-corrected chi connectivity index (χ0v) is 30.9. The lowest BCUT2D eigenvalue weighted by molar-refractivity contribution is 0.668. The highest BCUT2D eigenvalue weighted by molar-refractivity contribution is 6.23. The van der Waals surface area contributed by atoms with Gasteiger partial charge >= 0.3 is 0 Å². The van der Waals surface area contributed by atoms with Crippen LogP contribution in [-0.4, -0.2) is 19.1 Å². The summed E-state index contributed by atoms with van der Waals surface area (Å²) in [6.07, 6.45) is 0. The van der Waals surface area contributed by atoms with Gasteiger partial charge in [0, 0.05) is 59.9 Å². The van der Waals surface area contributed by atoms with Gasteiger partial charge in [0.1, 0.15) is 22.3 Å². The molecule has 0 aliphatic heterocycles. The molecule has 0 saturated carbocycles. The maximum atomic E-state index is 6.25. The van der Waals surface area contributed by atoms with Crippen molar-refractivity contribution in [1.29, 1.82) is 0 Å². The number of nitrogens with zero attached hydrogens (tertiary/aromatic N) is 4. The second-order valence-electron chi connectivity index (χ2n) is 15.0. The number of aromatic nitrogens is 4. The molecule has 5 aromatic heterocycles. The van der Waals surface area contributed by atoms with Crippen LogP contribution >= 0.6 is 0 Å². The van der Waals surface area contributed by atoms with Gasteiger partial charge in [-0.1, -0.05) is 103 Å². The smallest absolute Gasteiger partial charge is 0.235 e. The lowest BCUT2D eigenvalue weighted by Crippen LogP contribution is -2.05. The molecule has 13 aromatic rings. The van der Waals surface area contributed by atoms with Gasteiger partial charge in [-0.25, -0.2) is 9.97 Å². The molecule has 0 radical (unpaired) electrons. The third-order valence-corrected chi connectivity index (χ3v) is 11.7. The van der Waals surface area contributed by atoms with Crippen molar-refractivity contribution in [2.75, 3.05) is 0 Å². The Morgan fingerprint density at radius 3 is 1.34 bits per heavy atom. The first kappa shape index (κ1) is 31.3. The van der Waals surface area contributed by atoms with Crippen LogP contribution in [0, 0.1) is 0 Å². The van der Waals surface area contributed by atoms with Crippen LogP contribution in [0.3, 0.4) is 0 Å². The molecule has 5 heterocycles. The van der Waals surface area contributed by atoms with Crippen molar-refractivity contribution in [2.24, 2.45) is 0 Å². The summed E-state index contributed by atoms with van der Waals surface area (Å²) in [5.41, 5.74) is 12.4. The summed E-state index contributed by atoms with van der Waals surface area (Å²) < 4.78 is 17.2. The van der Waals surface area contributed by atoms with E-state index in [0.29, 0.717) is 5.95 Å². The quantitative estimate of drug-likeness (QED) is 0.180. The average Bonchev–Trinajstić information content (AvgIpc) is 4.04. The minimum absolute atomic E-state index is 0.588. The molecule has 0 bridgehead atoms. The van der Waals surface area contributed by atoms with Gasteiger partial charge in [0.15, 0.2) is 0 Å². The highest BCUT2D eigenvalue weighted by Gasteiger charge is 2.23. The standard InChI is InChI=1S/C52H30N4O2/c1-2-12-33(13-3-1)55-44-18-8-4-14-34(44)38-24-25-39-35-15-5-9-19-45(35)56(51(39)50(38)55)52-53-42(31-22-26-48-40(28-31)36-16-6-10-20-46(36)57-48)30-43(54-52)32-23-27-49-41(29-32)37-17-7-11-21-47(37)58-49/h1-30H. The van der Waals surface area contributed by atoms with E-state index in [9.17, 15) is 0 Å². The average molecular weight is 743 g/mol. The highest BCUT2D eigenvalue weighted by Crippen LogP contribution is 2.42. The van der Waals surface area contributed by atoms with E-state index < -0.39 is 0 Å². The number of para-hydroxylation sites is 5. The summed E-state index contributed by atoms with van der Waals surface area (Å²) in [6, 6.07) is 63.6. The van der Waals surface area contributed by atoms with Gasteiger partial charge in [-0.05, 0) is 78.9 Å². The van der Waals surface area contributed by atoms with Crippen molar-refractivity contribution in [1.82, 2.24) is 19.1 Å². The lowest BCUT2D eigenvalue weighted by atomic mass is 10.0. The van der Waals surface area contributed by atoms with Crippen LogP contribution < -0.4 is 0 Å². The zero-order valence-electron chi connectivity index (χ0n) is 30.9. The normalized spacial score (nSPS) is 12.1. The minimum atomic E-state index is 0.588. The summed E-state index contributed by atoms with van der Waals surface area (Å²) in [6.45, 7) is 0. The van der Waals surface area contributed by atoms with Crippen molar-refractivity contribution in [3.8, 4) is 34.2 Å². The van der Waals surface area contributed by atoms with Crippen molar-refractivity contribution in [2.45, 2.75) is 0 Å². The van der Waals surface area contributed by atoms with Gasteiger partial charge in [0.2, 0.25) is 5.95 Å². The van der Waals surface area contributed by atoms with Gasteiger partial charge in [-0.2, -0.15) is 0 Å². The number of rotatable bonds is 4. The van der Waals surface area contributed by atoms with Gasteiger partial charge in [0.05, 0.1) is 33.5 Å². The summed E-state index contributed by atoms with van der Waals surface area (Å²) in [7, 11) is 0. The van der Waals surface area contributed by atoms with Crippen LogP contribution in [0.15, 0.2) is 191 Å². The van der Waals surface area contributed by atoms with E-state index in [1.54, 1.807) is 0 Å². The molecule has 0 spiro atoms. The van der Waals surface area contributed by atoms with Crippen molar-refractivity contribution >= 4 is 87.5 Å². The SMILES string of the molecule is c1ccc(-n2c3ccccc3c3ccc4c5ccccc5n(-c5nc(-c6ccc7oc8ccccc8c7c6)cc(-c6ccc7oc8ccccc8c7c6)n5)c4c32)cc1. The van der Waals surface area contributed by atoms with Crippen molar-refractivity contribution in [3.63, 3.8) is 0 Å². The molecule has 0 unspecified atom stereocenters. The fourth-order valence-corrected chi connectivity index (χ4v) is 9.15. The van der Waals surface area contributed by atoms with E-state index in [1.165, 1.54) is 10.8 Å². The third kappa shape index (κ3) is 4.42. The molecular weight excluding hydrogens is 713 g/mol. The molecule has 13 rings (SSSR count). The minimum Gasteiger partial charge on any atom is -0.456 e. The molecule has 0 amide bonds. The van der Waals surface area contributed by atoms with Crippen molar-refractivity contribution in [3.05, 3.63) is 182 Å². The highest BCUT2D eigenvalue weighted by atomic mass is 16.3. The monoisotopic (exact) mass is 742 g/mol. The van der Waals surface area contributed by atoms with E-state index in [1.807, 2.05) is 24.3 Å². The van der Waals surface area contributed by atoms with Crippen LogP contribution in [0.4, 0.5) is 0 Å². The van der Waals surface area contributed by atoms with Gasteiger partial charge in [-0.3, -0.25) is 4.57 Å². The number of furan rings is 2. The molecule has 8 aromatic carbocycles. The fraction of sp³-hybridized carbons (Fsp3) is 0. The summed E-state index contributed by atoms with van der Waals surface area (Å²) in [4.78, 5) is 11.0. The van der Waals surface area contributed by atoms with E-state index in [0.717, 1.165) is 105 Å². The fourth-order valence-electron chi connectivity index (χ4n) is 9.15. The molecular formula is C52H30N4O2. The predicted molar refractivity (Wildman–Crippen MR) is 236 cm³/mol. The molecule has 0 N–H and O–H groups in total. The maximum Gasteiger partial charge on any atom is 0.235 e. The Hall–Kier alpha value is -7.96. The second-order valence-corrected chi connectivity index (χ2v) is 15.0. The Morgan fingerprint density at radius 1 is 0.328 bits per heavy atom. The molecule has 6 nitrogen and oxygen atoms in total. The van der Waals surface area contributed by atoms with Gasteiger partial charge in [-0.15, -0.1) is 0 Å². The molecule has 0 saturated heterocycles. The van der Waals surface area contributed by atoms with E-state index in [2.05, 4.69) is 167 Å². The second kappa shape index (κ2) is 11.8.